The van der Waals surface area contributed by atoms with Gasteiger partial charge >= 0.3 is 0 Å². The summed E-state index contributed by atoms with van der Waals surface area (Å²) in [6.07, 6.45) is 3.41. The van der Waals surface area contributed by atoms with Crippen LogP contribution in [0.4, 0.5) is 0 Å². The van der Waals surface area contributed by atoms with Gasteiger partial charge in [0.2, 0.25) is 0 Å². The third kappa shape index (κ3) is 0.973. The molecule has 0 fully saturated rings. The molecule has 0 amide bonds. The zero-order chi connectivity index (χ0) is 7.84. The van der Waals surface area contributed by atoms with E-state index in [-0.39, 0.29) is 0 Å². The SMILES string of the molecule is Cc1c[nH]c2nc(Cl)cnc12. The molecule has 0 aliphatic carbocycles. The van der Waals surface area contributed by atoms with Gasteiger partial charge in [-0.1, -0.05) is 11.6 Å². The Morgan fingerprint density at radius 1 is 1.55 bits per heavy atom. The number of nitrogens with one attached hydrogen (secondary N) is 1. The van der Waals surface area contributed by atoms with Gasteiger partial charge in [0.15, 0.2) is 5.65 Å². The lowest BCUT2D eigenvalue weighted by atomic mass is 10.3. The highest BCUT2D eigenvalue weighted by atomic mass is 35.5. The van der Waals surface area contributed by atoms with Crippen molar-refractivity contribution in [2.45, 2.75) is 6.92 Å². The number of nitrogens with zero attached hydrogens (tertiary/aromatic N) is 2. The van der Waals surface area contributed by atoms with Crippen LogP contribution in [-0.4, -0.2) is 15.0 Å². The van der Waals surface area contributed by atoms with Crippen LogP contribution in [0.5, 0.6) is 0 Å². The molecule has 2 aromatic rings. The normalized spacial score (nSPS) is 10.7. The second-order valence-electron chi connectivity index (χ2n) is 2.36. The number of H-pyrrole nitrogens is 1. The molecule has 0 saturated heterocycles. The van der Waals surface area contributed by atoms with Gasteiger partial charge in [-0.15, -0.1) is 0 Å². The first-order chi connectivity index (χ1) is 5.27. The van der Waals surface area contributed by atoms with Crippen LogP contribution in [-0.2, 0) is 0 Å². The fourth-order valence-corrected chi connectivity index (χ4v) is 1.14. The molecule has 2 heterocycles. The predicted octanol–water partition coefficient (Wildman–Crippen LogP) is 1.92. The van der Waals surface area contributed by atoms with Gasteiger partial charge in [-0.2, -0.15) is 0 Å². The van der Waals surface area contributed by atoms with Crippen LogP contribution in [0.1, 0.15) is 5.56 Å². The first-order valence-corrected chi connectivity index (χ1v) is 3.61. The molecule has 2 aromatic heterocycles. The Balaban J connectivity index is 2.86. The maximum absolute atomic E-state index is 5.63. The van der Waals surface area contributed by atoms with Gasteiger partial charge in [-0.05, 0) is 12.5 Å². The van der Waals surface area contributed by atoms with Crippen LogP contribution < -0.4 is 0 Å². The zero-order valence-corrected chi connectivity index (χ0v) is 6.68. The molecule has 0 radical (unpaired) electrons. The highest BCUT2D eigenvalue weighted by molar-refractivity contribution is 6.29. The zero-order valence-electron chi connectivity index (χ0n) is 5.93. The summed E-state index contributed by atoms with van der Waals surface area (Å²) in [5.74, 6) is 0. The van der Waals surface area contributed by atoms with E-state index in [1.54, 1.807) is 6.20 Å². The number of hydrogen-bond donors (Lipinski definition) is 1. The molecule has 3 nitrogen and oxygen atoms in total. The van der Waals surface area contributed by atoms with Crippen LogP contribution in [0.25, 0.3) is 11.2 Å². The molecule has 1 N–H and O–H groups in total. The highest BCUT2D eigenvalue weighted by Gasteiger charge is 2.01. The number of rotatable bonds is 0. The largest absolute Gasteiger partial charge is 0.344 e. The molecule has 2 rings (SSSR count). The summed E-state index contributed by atoms with van der Waals surface area (Å²) < 4.78 is 0. The second kappa shape index (κ2) is 2.20. The Morgan fingerprint density at radius 2 is 2.36 bits per heavy atom. The van der Waals surface area contributed by atoms with Crippen molar-refractivity contribution in [1.29, 1.82) is 0 Å². The maximum atomic E-state index is 5.63. The highest BCUT2D eigenvalue weighted by Crippen LogP contribution is 2.13. The van der Waals surface area contributed by atoms with E-state index in [0.717, 1.165) is 16.7 Å². The third-order valence-electron chi connectivity index (χ3n) is 1.54. The number of fused-ring (bicyclic) bond motifs is 1. The van der Waals surface area contributed by atoms with Crippen LogP contribution in [0.3, 0.4) is 0 Å². The van der Waals surface area contributed by atoms with Crippen molar-refractivity contribution in [1.82, 2.24) is 15.0 Å². The average Bonchev–Trinajstić information content (AvgIpc) is 2.32. The number of aromatic amines is 1. The minimum absolute atomic E-state index is 0.416. The van der Waals surface area contributed by atoms with Gasteiger partial charge in [0, 0.05) is 6.20 Å². The molecule has 0 aliphatic rings. The molecule has 0 spiro atoms. The summed E-state index contributed by atoms with van der Waals surface area (Å²) in [7, 11) is 0. The molecule has 0 bridgehead atoms. The first kappa shape index (κ1) is 6.61. The fourth-order valence-electron chi connectivity index (χ4n) is 1.00. The molecule has 0 atom stereocenters. The van der Waals surface area contributed by atoms with Crippen molar-refractivity contribution in [2.24, 2.45) is 0 Å². The summed E-state index contributed by atoms with van der Waals surface area (Å²) in [6, 6.07) is 0. The monoisotopic (exact) mass is 167 g/mol. The predicted molar refractivity (Wildman–Crippen MR) is 43.6 cm³/mol. The van der Waals surface area contributed by atoms with E-state index < -0.39 is 0 Å². The van der Waals surface area contributed by atoms with Gasteiger partial charge in [0.25, 0.3) is 0 Å². The summed E-state index contributed by atoms with van der Waals surface area (Å²) in [4.78, 5) is 11.1. The minimum Gasteiger partial charge on any atom is -0.344 e. The Kier molecular flexibility index (Phi) is 1.32. The van der Waals surface area contributed by atoms with Crippen molar-refractivity contribution in [3.63, 3.8) is 0 Å². The summed E-state index contributed by atoms with van der Waals surface area (Å²) in [6.45, 7) is 1.97. The number of aromatic nitrogens is 3. The minimum atomic E-state index is 0.416. The second-order valence-corrected chi connectivity index (χ2v) is 2.75. The van der Waals surface area contributed by atoms with Crippen molar-refractivity contribution >= 4 is 22.8 Å². The number of hydrogen-bond acceptors (Lipinski definition) is 2. The Morgan fingerprint density at radius 3 is 3.18 bits per heavy atom. The van der Waals surface area contributed by atoms with Crippen molar-refractivity contribution in [3.8, 4) is 0 Å². The number of halogens is 1. The van der Waals surface area contributed by atoms with Gasteiger partial charge in [0.1, 0.15) is 10.7 Å². The molecule has 0 aromatic carbocycles. The molecule has 0 saturated carbocycles. The third-order valence-corrected chi connectivity index (χ3v) is 1.72. The van der Waals surface area contributed by atoms with E-state index >= 15 is 0 Å². The molecular formula is C7H6ClN3. The van der Waals surface area contributed by atoms with E-state index in [1.807, 2.05) is 13.1 Å². The van der Waals surface area contributed by atoms with Crippen molar-refractivity contribution in [2.75, 3.05) is 0 Å². The van der Waals surface area contributed by atoms with E-state index in [0.29, 0.717) is 5.15 Å². The van der Waals surface area contributed by atoms with Gasteiger partial charge < -0.3 is 4.98 Å². The average molecular weight is 168 g/mol. The molecule has 0 unspecified atom stereocenters. The van der Waals surface area contributed by atoms with Crippen LogP contribution >= 0.6 is 11.6 Å². The lowest BCUT2D eigenvalue weighted by molar-refractivity contribution is 1.26. The Bertz CT molecular complexity index is 393. The summed E-state index contributed by atoms with van der Waals surface area (Å²) in [5, 5.41) is 0.416. The Hall–Kier alpha value is -1.09. The molecule has 4 heteroatoms. The molecule has 0 aliphatic heterocycles. The topological polar surface area (TPSA) is 41.6 Å². The van der Waals surface area contributed by atoms with Crippen LogP contribution in [0.2, 0.25) is 5.15 Å². The lowest BCUT2D eigenvalue weighted by Crippen LogP contribution is -1.81. The quantitative estimate of drug-likeness (QED) is 0.652. The van der Waals surface area contributed by atoms with Gasteiger partial charge in [-0.25, -0.2) is 9.97 Å². The standard InChI is InChI=1S/C7H6ClN3/c1-4-2-10-7-6(4)9-3-5(8)11-7/h2-3H,1H3,(H,10,11). The first-order valence-electron chi connectivity index (χ1n) is 3.23. The maximum Gasteiger partial charge on any atom is 0.158 e. The lowest BCUT2D eigenvalue weighted by Gasteiger charge is -1.89. The molecule has 11 heavy (non-hydrogen) atoms. The fraction of sp³-hybridized carbons (Fsp3) is 0.143. The van der Waals surface area contributed by atoms with Crippen molar-refractivity contribution in [3.05, 3.63) is 23.1 Å². The molecule has 56 valence electrons. The number of aryl methyl sites for hydroxylation is 1. The van der Waals surface area contributed by atoms with Gasteiger partial charge in [0.05, 0.1) is 6.20 Å². The molecular weight excluding hydrogens is 162 g/mol. The van der Waals surface area contributed by atoms with Crippen molar-refractivity contribution < 1.29 is 0 Å². The van der Waals surface area contributed by atoms with Crippen LogP contribution in [0, 0.1) is 6.92 Å². The summed E-state index contributed by atoms with van der Waals surface area (Å²) >= 11 is 5.63. The van der Waals surface area contributed by atoms with E-state index in [9.17, 15) is 0 Å². The Labute approximate surface area is 68.4 Å². The van der Waals surface area contributed by atoms with Gasteiger partial charge in [-0.3, -0.25) is 0 Å². The smallest absolute Gasteiger partial charge is 0.158 e. The summed E-state index contributed by atoms with van der Waals surface area (Å²) in [5.41, 5.74) is 2.72. The van der Waals surface area contributed by atoms with Crippen LogP contribution in [0.15, 0.2) is 12.4 Å². The van der Waals surface area contributed by atoms with E-state index in [1.165, 1.54) is 0 Å². The van der Waals surface area contributed by atoms with E-state index in [4.69, 9.17) is 11.6 Å². The van der Waals surface area contributed by atoms with E-state index in [2.05, 4.69) is 15.0 Å².